The van der Waals surface area contributed by atoms with Crippen molar-refractivity contribution in [2.75, 3.05) is 25.6 Å². The van der Waals surface area contributed by atoms with Gasteiger partial charge in [-0.05, 0) is 50.7 Å². The van der Waals surface area contributed by atoms with E-state index in [0.29, 0.717) is 11.5 Å². The van der Waals surface area contributed by atoms with Gasteiger partial charge in [-0.2, -0.15) is 0 Å². The quantitative estimate of drug-likeness (QED) is 0.374. The van der Waals surface area contributed by atoms with Crippen molar-refractivity contribution >= 4 is 9.84 Å². The molecule has 3 unspecified atom stereocenters. The van der Waals surface area contributed by atoms with Crippen LogP contribution in [0.1, 0.15) is 70.6 Å². The minimum Gasteiger partial charge on any atom is -0.353 e. The average Bonchev–Trinajstić information content (AvgIpc) is 3.23. The molecule has 0 radical (unpaired) electrons. The number of sulfone groups is 1. The minimum atomic E-state index is -3.34. The predicted molar refractivity (Wildman–Crippen MR) is 120 cm³/mol. The number of benzene rings is 1. The lowest BCUT2D eigenvalue weighted by Gasteiger charge is -2.22. The van der Waals surface area contributed by atoms with Gasteiger partial charge < -0.3 is 18.9 Å². The van der Waals surface area contributed by atoms with E-state index in [2.05, 4.69) is 0 Å². The molecule has 3 atom stereocenters. The minimum absolute atomic E-state index is 0.0237. The van der Waals surface area contributed by atoms with Crippen LogP contribution >= 0.6 is 0 Å². The van der Waals surface area contributed by atoms with Gasteiger partial charge in [0.15, 0.2) is 22.4 Å². The molecule has 7 heteroatoms. The fourth-order valence-corrected chi connectivity index (χ4v) is 5.50. The molecule has 2 fully saturated rings. The van der Waals surface area contributed by atoms with Crippen molar-refractivity contribution in [2.24, 2.45) is 0 Å². The first-order valence-electron chi connectivity index (χ1n) is 11.9. The van der Waals surface area contributed by atoms with Gasteiger partial charge in [0.2, 0.25) is 0 Å². The Labute approximate surface area is 187 Å². The summed E-state index contributed by atoms with van der Waals surface area (Å²) in [7, 11) is -3.34. The van der Waals surface area contributed by atoms with Crippen LogP contribution in [0.25, 0.3) is 0 Å². The van der Waals surface area contributed by atoms with Crippen LogP contribution in [0.3, 0.4) is 0 Å². The Balaban J connectivity index is 1.16. The number of hydrogen-bond donors (Lipinski definition) is 0. The zero-order valence-corrected chi connectivity index (χ0v) is 19.4. The highest BCUT2D eigenvalue weighted by molar-refractivity contribution is 7.91. The van der Waals surface area contributed by atoms with Gasteiger partial charge in [0.1, 0.15) is 0 Å². The largest absolute Gasteiger partial charge is 0.353 e. The summed E-state index contributed by atoms with van der Waals surface area (Å²) < 4.78 is 47.7. The first-order chi connectivity index (χ1) is 15.1. The van der Waals surface area contributed by atoms with E-state index < -0.39 is 9.84 Å². The molecule has 0 bridgehead atoms. The number of unbranched alkanes of at least 4 members (excludes halogenated alkanes) is 6. The van der Waals surface area contributed by atoms with Crippen LogP contribution in [-0.4, -0.2) is 52.7 Å². The number of hydrogen-bond acceptors (Lipinski definition) is 6. The fraction of sp³-hybridized carbons (Fsp3) is 0.750. The number of rotatable bonds is 14. The van der Waals surface area contributed by atoms with Crippen molar-refractivity contribution in [2.45, 2.75) is 94.2 Å². The summed E-state index contributed by atoms with van der Waals surface area (Å²) in [4.78, 5) is 0.343. The molecule has 2 aliphatic heterocycles. The second kappa shape index (κ2) is 13.5. The molecule has 0 aromatic heterocycles. The van der Waals surface area contributed by atoms with Gasteiger partial charge in [-0.25, -0.2) is 8.42 Å². The molecule has 1 aromatic rings. The van der Waals surface area contributed by atoms with E-state index in [1.807, 2.05) is 6.07 Å². The normalized spacial score (nSPS) is 24.5. The van der Waals surface area contributed by atoms with Crippen LogP contribution in [0.2, 0.25) is 0 Å². The molecule has 2 aliphatic rings. The topological polar surface area (TPSA) is 71.1 Å². The molecule has 31 heavy (non-hydrogen) atoms. The lowest BCUT2D eigenvalue weighted by molar-refractivity contribution is -0.162. The average molecular weight is 455 g/mol. The highest BCUT2D eigenvalue weighted by Crippen LogP contribution is 2.22. The van der Waals surface area contributed by atoms with Crippen LogP contribution in [0, 0.1) is 0 Å². The van der Waals surface area contributed by atoms with Crippen LogP contribution < -0.4 is 0 Å². The van der Waals surface area contributed by atoms with Crippen LogP contribution in [0.4, 0.5) is 0 Å². The maximum Gasteiger partial charge on any atom is 0.181 e. The monoisotopic (exact) mass is 454 g/mol. The van der Waals surface area contributed by atoms with Crippen molar-refractivity contribution in [1.29, 1.82) is 0 Å². The Morgan fingerprint density at radius 3 is 2.39 bits per heavy atom. The third-order valence-corrected chi connectivity index (χ3v) is 7.65. The summed E-state index contributed by atoms with van der Waals surface area (Å²) >= 11 is 0. The SMILES string of the molecule is O=S(=O)(CC1COC(CCCCCCCCCOC2CCCCO2)O1)c1ccccc1. The summed E-state index contributed by atoms with van der Waals surface area (Å²) in [5.41, 5.74) is 0. The van der Waals surface area contributed by atoms with E-state index in [4.69, 9.17) is 18.9 Å². The van der Waals surface area contributed by atoms with Crippen molar-refractivity contribution in [3.8, 4) is 0 Å². The lowest BCUT2D eigenvalue weighted by Crippen LogP contribution is -2.23. The highest BCUT2D eigenvalue weighted by Gasteiger charge is 2.30. The molecular formula is C24H38O6S. The Bertz CT molecular complexity index is 702. The van der Waals surface area contributed by atoms with Gasteiger partial charge in [-0.3, -0.25) is 0 Å². The molecule has 0 N–H and O–H groups in total. The molecule has 2 heterocycles. The van der Waals surface area contributed by atoms with Gasteiger partial charge in [0.25, 0.3) is 0 Å². The molecule has 0 amide bonds. The molecular weight excluding hydrogens is 416 g/mol. The first kappa shape index (κ1) is 24.6. The van der Waals surface area contributed by atoms with Crippen LogP contribution in [-0.2, 0) is 28.8 Å². The van der Waals surface area contributed by atoms with E-state index in [1.165, 1.54) is 32.1 Å². The first-order valence-corrected chi connectivity index (χ1v) is 13.6. The maximum atomic E-state index is 12.5. The van der Waals surface area contributed by atoms with Gasteiger partial charge in [0, 0.05) is 13.2 Å². The maximum absolute atomic E-state index is 12.5. The molecule has 176 valence electrons. The Hall–Kier alpha value is -0.990. The Morgan fingerprint density at radius 2 is 1.65 bits per heavy atom. The lowest BCUT2D eigenvalue weighted by atomic mass is 10.1. The summed E-state index contributed by atoms with van der Waals surface area (Å²) in [6, 6.07) is 8.54. The fourth-order valence-electron chi connectivity index (χ4n) is 4.07. The summed E-state index contributed by atoms with van der Waals surface area (Å²) in [6.45, 7) is 2.00. The zero-order valence-electron chi connectivity index (χ0n) is 18.6. The summed E-state index contributed by atoms with van der Waals surface area (Å²) in [5, 5.41) is 0. The second-order valence-electron chi connectivity index (χ2n) is 8.55. The Kier molecular flexibility index (Phi) is 10.8. The molecule has 0 spiro atoms. The van der Waals surface area contributed by atoms with Crippen molar-refractivity contribution in [3.05, 3.63) is 30.3 Å². The second-order valence-corrected chi connectivity index (χ2v) is 10.6. The molecule has 1 aromatic carbocycles. The Morgan fingerprint density at radius 1 is 0.903 bits per heavy atom. The van der Waals surface area contributed by atoms with E-state index in [0.717, 1.165) is 51.7 Å². The van der Waals surface area contributed by atoms with E-state index in [-0.39, 0.29) is 24.4 Å². The third kappa shape index (κ3) is 9.18. The molecule has 0 saturated carbocycles. The third-order valence-electron chi connectivity index (χ3n) is 5.85. The highest BCUT2D eigenvalue weighted by atomic mass is 32.2. The van der Waals surface area contributed by atoms with E-state index >= 15 is 0 Å². The van der Waals surface area contributed by atoms with Crippen LogP contribution in [0.5, 0.6) is 0 Å². The molecule has 6 nitrogen and oxygen atoms in total. The van der Waals surface area contributed by atoms with E-state index in [1.54, 1.807) is 24.3 Å². The smallest absolute Gasteiger partial charge is 0.181 e. The van der Waals surface area contributed by atoms with Gasteiger partial charge >= 0.3 is 0 Å². The van der Waals surface area contributed by atoms with Crippen molar-refractivity contribution in [3.63, 3.8) is 0 Å². The number of ether oxygens (including phenoxy) is 4. The standard InChI is InChI=1S/C24H38O6S/c25-31(26,22-13-7-6-8-14-22)20-21-19-29-24(30-21)16-9-4-2-1-3-5-11-17-27-23-15-10-12-18-28-23/h6-8,13-14,21,23-24H,1-5,9-12,15-20H2. The summed E-state index contributed by atoms with van der Waals surface area (Å²) in [6.07, 6.45) is 11.8. The van der Waals surface area contributed by atoms with E-state index in [9.17, 15) is 8.42 Å². The molecule has 0 aliphatic carbocycles. The van der Waals surface area contributed by atoms with Crippen LogP contribution in [0.15, 0.2) is 35.2 Å². The zero-order chi connectivity index (χ0) is 21.8. The van der Waals surface area contributed by atoms with Crippen molar-refractivity contribution < 1.29 is 27.4 Å². The van der Waals surface area contributed by atoms with Gasteiger partial charge in [-0.15, -0.1) is 0 Å². The van der Waals surface area contributed by atoms with Crippen molar-refractivity contribution in [1.82, 2.24) is 0 Å². The molecule has 2 saturated heterocycles. The van der Waals surface area contributed by atoms with Gasteiger partial charge in [-0.1, -0.05) is 50.3 Å². The summed E-state index contributed by atoms with van der Waals surface area (Å²) in [5.74, 6) is -0.0237. The van der Waals surface area contributed by atoms with Gasteiger partial charge in [0.05, 0.1) is 23.4 Å². The molecule has 3 rings (SSSR count). The predicted octanol–water partition coefficient (Wildman–Crippen LogP) is 4.87.